The van der Waals surface area contributed by atoms with Crippen molar-refractivity contribution in [3.05, 3.63) is 48.3 Å². The van der Waals surface area contributed by atoms with Gasteiger partial charge >= 0.3 is 0 Å². The topological polar surface area (TPSA) is 50.1 Å². The van der Waals surface area contributed by atoms with Crippen LogP contribution in [0, 0.1) is 0 Å². The van der Waals surface area contributed by atoms with Crippen molar-refractivity contribution in [3.63, 3.8) is 0 Å². The first-order valence-electron chi connectivity index (χ1n) is 6.33. The number of nitrogens with one attached hydrogen (secondary N) is 1. The van der Waals surface area contributed by atoms with Crippen molar-refractivity contribution >= 4 is 0 Å². The van der Waals surface area contributed by atoms with Gasteiger partial charge in [-0.2, -0.15) is 5.10 Å². The van der Waals surface area contributed by atoms with E-state index in [4.69, 9.17) is 0 Å². The van der Waals surface area contributed by atoms with Gasteiger partial charge < -0.3 is 10.4 Å². The average molecular weight is 243 g/mol. The maximum Gasteiger partial charge on any atom is 0.119 e. The molecule has 2 heterocycles. The van der Waals surface area contributed by atoms with Gasteiger partial charge in [-0.05, 0) is 37.6 Å². The summed E-state index contributed by atoms with van der Waals surface area (Å²) in [5, 5.41) is 18.3. The summed E-state index contributed by atoms with van der Waals surface area (Å²) in [6, 6.07) is 11.8. The summed E-state index contributed by atoms with van der Waals surface area (Å²) in [5.74, 6) is 0. The summed E-state index contributed by atoms with van der Waals surface area (Å²) >= 11 is 0. The number of piperidine rings is 1. The molecule has 1 aliphatic heterocycles. The van der Waals surface area contributed by atoms with Crippen LogP contribution >= 0.6 is 0 Å². The zero-order valence-electron chi connectivity index (χ0n) is 10.2. The molecule has 1 fully saturated rings. The van der Waals surface area contributed by atoms with E-state index in [1.165, 1.54) is 0 Å². The van der Waals surface area contributed by atoms with Crippen LogP contribution in [0.15, 0.2) is 42.6 Å². The molecule has 0 radical (unpaired) electrons. The molecule has 1 aromatic heterocycles. The predicted octanol–water partition coefficient (Wildman–Crippen LogP) is 1.44. The molecule has 1 aliphatic rings. The average Bonchev–Trinajstić information content (AvgIpc) is 2.91. The third kappa shape index (κ3) is 1.94. The molecule has 3 rings (SSSR count). The van der Waals surface area contributed by atoms with Crippen molar-refractivity contribution in [1.29, 1.82) is 0 Å². The minimum absolute atomic E-state index is 0.589. The second-order valence-electron chi connectivity index (χ2n) is 4.78. The molecular weight excluding hydrogens is 226 g/mol. The molecule has 4 heteroatoms. The second-order valence-corrected chi connectivity index (χ2v) is 4.78. The van der Waals surface area contributed by atoms with Gasteiger partial charge in [-0.25, -0.2) is 4.68 Å². The number of aliphatic hydroxyl groups is 1. The predicted molar refractivity (Wildman–Crippen MR) is 69.6 cm³/mol. The largest absolute Gasteiger partial charge is 0.382 e. The molecule has 94 valence electrons. The number of nitrogens with zero attached hydrogens (tertiary/aromatic N) is 2. The third-order valence-electron chi connectivity index (χ3n) is 3.48. The first-order valence-corrected chi connectivity index (χ1v) is 6.33. The first-order chi connectivity index (χ1) is 8.80. The summed E-state index contributed by atoms with van der Waals surface area (Å²) in [7, 11) is 0. The first kappa shape index (κ1) is 11.4. The fourth-order valence-electron chi connectivity index (χ4n) is 2.54. The van der Waals surface area contributed by atoms with Crippen molar-refractivity contribution < 1.29 is 5.11 Å². The fraction of sp³-hybridized carbons (Fsp3) is 0.357. The Morgan fingerprint density at radius 1 is 1.22 bits per heavy atom. The lowest BCUT2D eigenvalue weighted by molar-refractivity contribution is 0.00607. The quantitative estimate of drug-likeness (QED) is 0.839. The van der Waals surface area contributed by atoms with Crippen LogP contribution in [0.3, 0.4) is 0 Å². The van der Waals surface area contributed by atoms with Gasteiger partial charge in [0.25, 0.3) is 0 Å². The molecule has 2 N–H and O–H groups in total. The lowest BCUT2D eigenvalue weighted by Gasteiger charge is -2.33. The van der Waals surface area contributed by atoms with Crippen LogP contribution in [-0.4, -0.2) is 28.0 Å². The van der Waals surface area contributed by atoms with E-state index in [2.05, 4.69) is 10.4 Å². The van der Waals surface area contributed by atoms with Gasteiger partial charge in [0.15, 0.2) is 0 Å². The number of β-amino-alcohol motifs (C(OH)–C–C–N with tert-alkyl or cyclic N) is 1. The number of hydrogen-bond acceptors (Lipinski definition) is 3. The van der Waals surface area contributed by atoms with Crippen LogP contribution in [-0.2, 0) is 5.60 Å². The highest BCUT2D eigenvalue weighted by molar-refractivity contribution is 5.34. The van der Waals surface area contributed by atoms with E-state index in [0.29, 0.717) is 6.54 Å². The Balaban J connectivity index is 2.01. The van der Waals surface area contributed by atoms with E-state index in [9.17, 15) is 5.11 Å². The number of hydrogen-bond donors (Lipinski definition) is 2. The van der Waals surface area contributed by atoms with Crippen molar-refractivity contribution in [3.8, 4) is 5.69 Å². The smallest absolute Gasteiger partial charge is 0.119 e. The molecule has 0 saturated carbocycles. The Morgan fingerprint density at radius 3 is 2.78 bits per heavy atom. The van der Waals surface area contributed by atoms with Gasteiger partial charge in [0.1, 0.15) is 5.60 Å². The van der Waals surface area contributed by atoms with E-state index < -0.39 is 5.60 Å². The van der Waals surface area contributed by atoms with Gasteiger partial charge in [-0.1, -0.05) is 18.2 Å². The van der Waals surface area contributed by atoms with Crippen LogP contribution in [0.25, 0.3) is 5.69 Å². The van der Waals surface area contributed by atoms with Crippen molar-refractivity contribution in [2.75, 3.05) is 13.1 Å². The molecule has 0 amide bonds. The highest BCUT2D eigenvalue weighted by atomic mass is 16.3. The van der Waals surface area contributed by atoms with E-state index in [1.807, 2.05) is 41.1 Å². The number of aromatic nitrogens is 2. The minimum atomic E-state index is -0.815. The number of para-hydroxylation sites is 1. The van der Waals surface area contributed by atoms with Gasteiger partial charge in [0.05, 0.1) is 11.4 Å². The Morgan fingerprint density at radius 2 is 2.06 bits per heavy atom. The molecule has 0 spiro atoms. The van der Waals surface area contributed by atoms with Crippen LogP contribution < -0.4 is 5.32 Å². The Hall–Kier alpha value is -1.65. The van der Waals surface area contributed by atoms with Crippen LogP contribution in [0.1, 0.15) is 18.5 Å². The SMILES string of the molecule is OC1(c2ccnn2-c2ccccc2)CCCNC1. The van der Waals surface area contributed by atoms with Gasteiger partial charge in [0, 0.05) is 12.7 Å². The van der Waals surface area contributed by atoms with Crippen molar-refractivity contribution in [2.24, 2.45) is 0 Å². The van der Waals surface area contributed by atoms with E-state index in [1.54, 1.807) is 6.20 Å². The number of rotatable bonds is 2. The molecule has 4 nitrogen and oxygen atoms in total. The number of benzene rings is 1. The lowest BCUT2D eigenvalue weighted by Crippen LogP contribution is -2.44. The zero-order valence-corrected chi connectivity index (χ0v) is 10.2. The molecule has 1 saturated heterocycles. The minimum Gasteiger partial charge on any atom is -0.382 e. The molecule has 18 heavy (non-hydrogen) atoms. The molecular formula is C14H17N3O. The van der Waals surface area contributed by atoms with Gasteiger partial charge in [0.2, 0.25) is 0 Å². The maximum atomic E-state index is 10.8. The highest BCUT2D eigenvalue weighted by Crippen LogP contribution is 2.29. The molecule has 0 bridgehead atoms. The molecule has 1 unspecified atom stereocenters. The van der Waals surface area contributed by atoms with Gasteiger partial charge in [-0.15, -0.1) is 0 Å². The zero-order chi connectivity index (χ0) is 12.4. The summed E-state index contributed by atoms with van der Waals surface area (Å²) in [6.07, 6.45) is 3.50. The molecule has 0 aliphatic carbocycles. The van der Waals surface area contributed by atoms with Crippen LogP contribution in [0.2, 0.25) is 0 Å². The lowest BCUT2D eigenvalue weighted by atomic mass is 9.90. The summed E-state index contributed by atoms with van der Waals surface area (Å²) in [4.78, 5) is 0. The summed E-state index contributed by atoms with van der Waals surface area (Å²) < 4.78 is 1.83. The van der Waals surface area contributed by atoms with Crippen molar-refractivity contribution in [2.45, 2.75) is 18.4 Å². The van der Waals surface area contributed by atoms with Crippen LogP contribution in [0.4, 0.5) is 0 Å². The second kappa shape index (κ2) is 4.55. The summed E-state index contributed by atoms with van der Waals surface area (Å²) in [5.41, 5.74) is 1.03. The standard InChI is InChI=1S/C14H17N3O/c18-14(8-4-9-15-11-14)13-7-10-16-17(13)12-5-2-1-3-6-12/h1-3,5-7,10,15,18H,4,8-9,11H2. The normalized spacial score (nSPS) is 24.1. The van der Waals surface area contributed by atoms with E-state index >= 15 is 0 Å². The highest BCUT2D eigenvalue weighted by Gasteiger charge is 2.34. The van der Waals surface area contributed by atoms with E-state index in [0.717, 1.165) is 30.8 Å². The van der Waals surface area contributed by atoms with Crippen molar-refractivity contribution in [1.82, 2.24) is 15.1 Å². The van der Waals surface area contributed by atoms with Gasteiger partial charge in [-0.3, -0.25) is 0 Å². The maximum absolute atomic E-state index is 10.8. The summed E-state index contributed by atoms with van der Waals surface area (Å²) in [6.45, 7) is 1.56. The Bertz CT molecular complexity index is 515. The molecule has 2 aromatic rings. The third-order valence-corrected chi connectivity index (χ3v) is 3.48. The Kier molecular flexibility index (Phi) is 2.89. The fourth-order valence-corrected chi connectivity index (χ4v) is 2.54. The molecule has 1 aromatic carbocycles. The molecule has 1 atom stereocenters. The Labute approximate surface area is 106 Å². The van der Waals surface area contributed by atoms with Crippen LogP contribution in [0.5, 0.6) is 0 Å². The van der Waals surface area contributed by atoms with E-state index in [-0.39, 0.29) is 0 Å². The monoisotopic (exact) mass is 243 g/mol.